The van der Waals surface area contributed by atoms with Crippen molar-refractivity contribution in [2.24, 2.45) is 23.7 Å². The molecule has 0 spiro atoms. The molecule has 0 heteroatoms. The van der Waals surface area contributed by atoms with Crippen LogP contribution in [0.4, 0.5) is 0 Å². The lowest BCUT2D eigenvalue weighted by Crippen LogP contribution is -2.44. The predicted octanol–water partition coefficient (Wildman–Crippen LogP) is 6.96. The summed E-state index contributed by atoms with van der Waals surface area (Å²) in [6.07, 6.45) is 4.06. The van der Waals surface area contributed by atoms with Crippen molar-refractivity contribution in [1.82, 2.24) is 0 Å². The highest BCUT2D eigenvalue weighted by molar-refractivity contribution is 5.99. The second-order valence-corrected chi connectivity index (χ2v) is 9.47. The summed E-state index contributed by atoms with van der Waals surface area (Å²) < 4.78 is 0. The van der Waals surface area contributed by atoms with E-state index in [1.165, 1.54) is 52.0 Å². The maximum Gasteiger partial charge on any atom is -0.0116 e. The van der Waals surface area contributed by atoms with Crippen LogP contribution in [0.1, 0.15) is 42.2 Å². The van der Waals surface area contributed by atoms with Crippen LogP contribution in [0, 0.1) is 23.7 Å². The molecule has 0 unspecified atom stereocenters. The average Bonchev–Trinajstić information content (AvgIpc) is 3.26. The number of rotatable bonds is 0. The van der Waals surface area contributed by atoms with Crippen molar-refractivity contribution in [2.45, 2.75) is 31.1 Å². The maximum atomic E-state index is 4.46. The SMILES string of the molecule is C=C1C(=C)[C@@H]2CC[C@H]1[C@@H]1[C@H]2[C@@H]2C[C@H]1c1cc3cc4ccccc4cc3cc12. The van der Waals surface area contributed by atoms with Crippen LogP contribution < -0.4 is 0 Å². The van der Waals surface area contributed by atoms with E-state index in [2.05, 4.69) is 61.7 Å². The van der Waals surface area contributed by atoms with E-state index in [0.29, 0.717) is 11.8 Å². The van der Waals surface area contributed by atoms with Gasteiger partial charge in [0.05, 0.1) is 0 Å². The molecule has 0 aromatic heterocycles. The van der Waals surface area contributed by atoms with Gasteiger partial charge in [-0.2, -0.15) is 0 Å². The van der Waals surface area contributed by atoms with Gasteiger partial charge in [0.25, 0.3) is 0 Å². The number of benzene rings is 3. The molecule has 4 bridgehead atoms. The summed E-state index contributed by atoms with van der Waals surface area (Å²) >= 11 is 0. The Morgan fingerprint density at radius 3 is 1.56 bits per heavy atom. The molecule has 0 nitrogen and oxygen atoms in total. The molecule has 0 radical (unpaired) electrons. The summed E-state index contributed by atoms with van der Waals surface area (Å²) in [5.74, 6) is 4.56. The largest absolute Gasteiger partial charge is 0.0953 e. The van der Waals surface area contributed by atoms with E-state index in [1.54, 1.807) is 11.1 Å². The van der Waals surface area contributed by atoms with E-state index in [-0.39, 0.29) is 0 Å². The lowest BCUT2D eigenvalue weighted by Gasteiger charge is -2.53. The second-order valence-electron chi connectivity index (χ2n) is 9.47. The Hall–Kier alpha value is -2.34. The third-order valence-electron chi connectivity index (χ3n) is 8.61. The normalized spacial score (nSPS) is 35.9. The zero-order valence-corrected chi connectivity index (χ0v) is 15.6. The Labute approximate surface area is 160 Å². The van der Waals surface area contributed by atoms with Crippen LogP contribution in [-0.2, 0) is 0 Å². The minimum Gasteiger partial charge on any atom is -0.0953 e. The van der Waals surface area contributed by atoms with Crippen LogP contribution in [0.2, 0.25) is 0 Å². The highest BCUT2D eigenvalue weighted by Gasteiger charge is 2.60. The van der Waals surface area contributed by atoms with Gasteiger partial charge in [-0.05, 0) is 111 Å². The molecule has 0 heterocycles. The fourth-order valence-electron chi connectivity index (χ4n) is 7.59. The first kappa shape index (κ1) is 14.7. The minimum atomic E-state index is 0.697. The van der Waals surface area contributed by atoms with Gasteiger partial charge in [0.1, 0.15) is 0 Å². The molecule has 4 saturated carbocycles. The molecule has 27 heavy (non-hydrogen) atoms. The monoisotopic (exact) mass is 348 g/mol. The van der Waals surface area contributed by atoms with Crippen LogP contribution in [0.3, 0.4) is 0 Å². The van der Waals surface area contributed by atoms with Crippen LogP contribution >= 0.6 is 0 Å². The number of hydrogen-bond acceptors (Lipinski definition) is 0. The maximum absolute atomic E-state index is 4.46. The molecule has 3 aromatic carbocycles. The first-order chi connectivity index (χ1) is 13.2. The fourth-order valence-corrected chi connectivity index (χ4v) is 7.59. The number of fused-ring (bicyclic) bond motifs is 9. The third kappa shape index (κ3) is 1.66. The lowest BCUT2D eigenvalue weighted by atomic mass is 9.51. The van der Waals surface area contributed by atoms with Crippen molar-refractivity contribution in [1.29, 1.82) is 0 Å². The van der Waals surface area contributed by atoms with E-state index >= 15 is 0 Å². The van der Waals surface area contributed by atoms with Gasteiger partial charge in [0.2, 0.25) is 0 Å². The van der Waals surface area contributed by atoms with Crippen molar-refractivity contribution in [2.75, 3.05) is 0 Å². The van der Waals surface area contributed by atoms with Gasteiger partial charge in [-0.25, -0.2) is 0 Å². The van der Waals surface area contributed by atoms with Gasteiger partial charge in [-0.1, -0.05) is 49.6 Å². The second kappa shape index (κ2) is 4.73. The lowest BCUT2D eigenvalue weighted by molar-refractivity contribution is 0.101. The van der Waals surface area contributed by atoms with Crippen LogP contribution in [0.5, 0.6) is 0 Å². The summed E-state index contributed by atoms with van der Waals surface area (Å²) in [4.78, 5) is 0. The quantitative estimate of drug-likeness (QED) is 0.385. The van der Waals surface area contributed by atoms with Gasteiger partial charge in [-0.3, -0.25) is 0 Å². The van der Waals surface area contributed by atoms with E-state index in [9.17, 15) is 0 Å². The number of hydrogen-bond donors (Lipinski definition) is 0. The standard InChI is InChI=1S/C27H24/c1-14-15(2)21-8-7-20(14)26-24-13-25(27(21)26)23-12-19-10-17-6-4-3-5-16(17)9-18(19)11-22(23)24/h3-6,9-12,20-21,24-27H,1-2,7-8,13H2/t20-,21+,24+,25-,26+,27-. The van der Waals surface area contributed by atoms with Gasteiger partial charge < -0.3 is 0 Å². The van der Waals surface area contributed by atoms with Gasteiger partial charge in [-0.15, -0.1) is 0 Å². The topological polar surface area (TPSA) is 0 Å². The third-order valence-corrected chi connectivity index (χ3v) is 8.61. The Kier molecular flexibility index (Phi) is 2.57. The predicted molar refractivity (Wildman–Crippen MR) is 113 cm³/mol. The molecule has 4 fully saturated rings. The fraction of sp³-hybridized carbons (Fsp3) is 0.333. The van der Waals surface area contributed by atoms with Crippen molar-refractivity contribution in [3.63, 3.8) is 0 Å². The van der Waals surface area contributed by atoms with Crippen LogP contribution in [-0.4, -0.2) is 0 Å². The molecule has 6 atom stereocenters. The summed E-state index contributed by atoms with van der Waals surface area (Å²) in [5.41, 5.74) is 6.12. The zero-order chi connectivity index (χ0) is 17.9. The summed E-state index contributed by atoms with van der Waals surface area (Å²) in [6, 6.07) is 18.6. The van der Waals surface area contributed by atoms with E-state index in [1.807, 2.05) is 0 Å². The Morgan fingerprint density at radius 2 is 1.07 bits per heavy atom. The molecule has 3 aromatic rings. The van der Waals surface area contributed by atoms with E-state index in [4.69, 9.17) is 0 Å². The molecule has 0 saturated heterocycles. The molecule has 8 rings (SSSR count). The Morgan fingerprint density at radius 1 is 0.593 bits per heavy atom. The molecular formula is C27H24. The van der Waals surface area contributed by atoms with Crippen LogP contribution in [0.25, 0.3) is 21.5 Å². The molecule has 132 valence electrons. The number of allylic oxidation sites excluding steroid dienone is 2. The summed E-state index contributed by atoms with van der Waals surface area (Å²) in [5, 5.41) is 5.54. The van der Waals surface area contributed by atoms with Gasteiger partial charge in [0.15, 0.2) is 0 Å². The molecule has 5 aliphatic rings. The van der Waals surface area contributed by atoms with Crippen molar-refractivity contribution in [3.05, 3.63) is 84.0 Å². The highest BCUT2D eigenvalue weighted by Crippen LogP contribution is 2.71. The minimum absolute atomic E-state index is 0.697. The first-order valence-electron chi connectivity index (χ1n) is 10.5. The molecule has 5 aliphatic carbocycles. The summed E-state index contributed by atoms with van der Waals surface area (Å²) in [6.45, 7) is 8.92. The molecular weight excluding hydrogens is 324 g/mol. The van der Waals surface area contributed by atoms with Crippen molar-refractivity contribution in [3.8, 4) is 0 Å². The molecule has 0 amide bonds. The highest BCUT2D eigenvalue weighted by atomic mass is 14.6. The van der Waals surface area contributed by atoms with Crippen molar-refractivity contribution < 1.29 is 0 Å². The Balaban J connectivity index is 1.45. The smallest absolute Gasteiger partial charge is 0.0116 e. The van der Waals surface area contributed by atoms with E-state index in [0.717, 1.165) is 23.7 Å². The first-order valence-corrected chi connectivity index (χ1v) is 10.5. The van der Waals surface area contributed by atoms with Crippen molar-refractivity contribution >= 4 is 21.5 Å². The van der Waals surface area contributed by atoms with E-state index < -0.39 is 0 Å². The molecule has 0 aliphatic heterocycles. The van der Waals surface area contributed by atoms with Gasteiger partial charge in [0, 0.05) is 0 Å². The van der Waals surface area contributed by atoms with Gasteiger partial charge >= 0.3 is 0 Å². The summed E-state index contributed by atoms with van der Waals surface area (Å²) in [7, 11) is 0. The Bertz CT molecular complexity index is 1090. The molecule has 0 N–H and O–H groups in total. The zero-order valence-electron chi connectivity index (χ0n) is 15.6. The van der Waals surface area contributed by atoms with Crippen LogP contribution in [0.15, 0.2) is 72.8 Å². The average molecular weight is 348 g/mol.